The summed E-state index contributed by atoms with van der Waals surface area (Å²) in [5, 5.41) is 3.78. The number of alkyl halides is 3. The van der Waals surface area contributed by atoms with E-state index < -0.39 is 39.9 Å². The highest BCUT2D eigenvalue weighted by Crippen LogP contribution is 2.36. The Morgan fingerprint density at radius 2 is 1.70 bits per heavy atom. The second-order valence-electron chi connectivity index (χ2n) is 8.24. The minimum atomic E-state index is -4.71. The number of nitrogens with zero attached hydrogens (tertiary/aromatic N) is 2. The Kier molecular flexibility index (Phi) is 8.18. The first-order chi connectivity index (χ1) is 15.1. The van der Waals surface area contributed by atoms with Crippen molar-refractivity contribution in [3.8, 4) is 0 Å². The van der Waals surface area contributed by atoms with E-state index in [0.717, 1.165) is 24.0 Å². The van der Waals surface area contributed by atoms with Gasteiger partial charge in [-0.2, -0.15) is 18.3 Å². The third-order valence-electron chi connectivity index (χ3n) is 4.85. The molecule has 2 aromatic carbocycles. The fourth-order valence-electron chi connectivity index (χ4n) is 3.26. The molecule has 0 radical (unpaired) electrons. The van der Waals surface area contributed by atoms with Crippen LogP contribution in [0, 0.1) is 0 Å². The van der Waals surface area contributed by atoms with Gasteiger partial charge in [-0.1, -0.05) is 55.8 Å². The van der Waals surface area contributed by atoms with Crippen molar-refractivity contribution in [2.45, 2.75) is 38.8 Å². The van der Waals surface area contributed by atoms with Crippen LogP contribution in [0.15, 0.2) is 53.6 Å². The second kappa shape index (κ2) is 10.1. The molecule has 0 unspecified atom stereocenters. The van der Waals surface area contributed by atoms with Crippen LogP contribution in [0.4, 0.5) is 18.9 Å². The van der Waals surface area contributed by atoms with Crippen LogP contribution >= 0.6 is 11.6 Å². The fraction of sp³-hybridized carbons (Fsp3) is 0.364. The lowest BCUT2D eigenvalue weighted by Gasteiger charge is -2.25. The number of hydrogen-bond acceptors (Lipinski definition) is 4. The molecule has 180 valence electrons. The van der Waals surface area contributed by atoms with Crippen molar-refractivity contribution in [1.29, 1.82) is 0 Å². The van der Waals surface area contributed by atoms with Crippen molar-refractivity contribution in [2.75, 3.05) is 17.1 Å². The number of carbonyl (C=O) groups is 1. The van der Waals surface area contributed by atoms with E-state index in [2.05, 4.69) is 10.5 Å². The maximum Gasteiger partial charge on any atom is 0.416 e. The molecule has 0 saturated carbocycles. The summed E-state index contributed by atoms with van der Waals surface area (Å²) in [4.78, 5) is 12.4. The second-order valence-corrected chi connectivity index (χ2v) is 10.6. The molecule has 0 aliphatic carbocycles. The molecular weight excluding hydrogens is 479 g/mol. The van der Waals surface area contributed by atoms with Gasteiger partial charge in [-0.15, -0.1) is 0 Å². The number of benzene rings is 2. The predicted octanol–water partition coefficient (Wildman–Crippen LogP) is 4.98. The molecule has 0 bridgehead atoms. The van der Waals surface area contributed by atoms with Gasteiger partial charge in [0.15, 0.2) is 0 Å². The van der Waals surface area contributed by atoms with Gasteiger partial charge in [-0.3, -0.25) is 9.10 Å². The van der Waals surface area contributed by atoms with Gasteiger partial charge >= 0.3 is 6.18 Å². The summed E-state index contributed by atoms with van der Waals surface area (Å²) in [5.74, 6) is -0.828. The predicted molar refractivity (Wildman–Crippen MR) is 124 cm³/mol. The van der Waals surface area contributed by atoms with Crippen LogP contribution in [0.2, 0.25) is 5.02 Å². The topological polar surface area (TPSA) is 78.8 Å². The minimum Gasteiger partial charge on any atom is -0.271 e. The van der Waals surface area contributed by atoms with Crippen LogP contribution in [0.5, 0.6) is 0 Å². The Morgan fingerprint density at radius 3 is 2.24 bits per heavy atom. The van der Waals surface area contributed by atoms with E-state index in [4.69, 9.17) is 11.6 Å². The van der Waals surface area contributed by atoms with Crippen LogP contribution in [0.1, 0.15) is 38.3 Å². The number of hydrazone groups is 1. The average molecular weight is 504 g/mol. The van der Waals surface area contributed by atoms with Gasteiger partial charge in [-0.05, 0) is 42.5 Å². The smallest absolute Gasteiger partial charge is 0.271 e. The van der Waals surface area contributed by atoms with Gasteiger partial charge < -0.3 is 0 Å². The lowest BCUT2D eigenvalue weighted by Crippen LogP contribution is -2.39. The molecule has 2 rings (SSSR count). The molecular formula is C22H25ClF3N3O3S. The molecule has 0 heterocycles. The van der Waals surface area contributed by atoms with Crippen LogP contribution in [0.3, 0.4) is 0 Å². The largest absolute Gasteiger partial charge is 0.416 e. The lowest BCUT2D eigenvalue weighted by atomic mass is 9.80. The quantitative estimate of drug-likeness (QED) is 0.407. The Balaban J connectivity index is 2.19. The number of halogens is 4. The Labute approximate surface area is 196 Å². The standard InChI is InChI=1S/C22H25ClF3N3O3S/c1-15(13-21(2,3)16-8-6-5-7-9-16)27-28-20(30)14-29(33(4,31)32)19-12-17(22(24,25)26)10-11-18(19)23/h5-12H,13-14H2,1-4H3,(H,28,30)/b27-15+. The van der Waals surface area contributed by atoms with Gasteiger partial charge in [-0.25, -0.2) is 13.8 Å². The normalized spacial score (nSPS) is 13.0. The summed E-state index contributed by atoms with van der Waals surface area (Å²) >= 11 is 5.96. The Morgan fingerprint density at radius 1 is 1.09 bits per heavy atom. The molecule has 11 heteroatoms. The van der Waals surface area contributed by atoms with Gasteiger partial charge in [0.1, 0.15) is 6.54 Å². The molecule has 0 spiro atoms. The maximum atomic E-state index is 13.1. The molecule has 6 nitrogen and oxygen atoms in total. The highest BCUT2D eigenvalue weighted by Gasteiger charge is 2.33. The summed E-state index contributed by atoms with van der Waals surface area (Å²) in [6.07, 6.45) is -3.43. The number of hydrogen-bond donors (Lipinski definition) is 1. The maximum absolute atomic E-state index is 13.1. The van der Waals surface area contributed by atoms with Crippen LogP contribution in [-0.4, -0.2) is 32.8 Å². The molecule has 0 atom stereocenters. The first-order valence-electron chi connectivity index (χ1n) is 9.83. The Hall–Kier alpha value is -2.59. The molecule has 1 N–H and O–H groups in total. The van der Waals surface area contributed by atoms with Crippen molar-refractivity contribution >= 4 is 38.9 Å². The van der Waals surface area contributed by atoms with E-state index in [1.165, 1.54) is 0 Å². The average Bonchev–Trinajstić information content (AvgIpc) is 2.70. The van der Waals surface area contributed by atoms with Gasteiger partial charge in [0.2, 0.25) is 10.0 Å². The molecule has 2 aromatic rings. The molecule has 0 fully saturated rings. The Bertz CT molecular complexity index is 1130. The number of rotatable bonds is 8. The summed E-state index contributed by atoms with van der Waals surface area (Å²) in [7, 11) is -4.13. The first-order valence-corrected chi connectivity index (χ1v) is 12.1. The van der Waals surface area contributed by atoms with Crippen molar-refractivity contribution in [1.82, 2.24) is 5.43 Å². The molecule has 0 aromatic heterocycles. The number of amides is 1. The zero-order valence-electron chi connectivity index (χ0n) is 18.6. The first kappa shape index (κ1) is 26.7. The SMILES string of the molecule is C/C(CC(C)(C)c1ccccc1)=N\NC(=O)CN(c1cc(C(F)(F)F)ccc1Cl)S(C)(=O)=O. The summed E-state index contributed by atoms with van der Waals surface area (Å²) in [6, 6.07) is 12.0. The molecule has 33 heavy (non-hydrogen) atoms. The zero-order valence-corrected chi connectivity index (χ0v) is 20.1. The number of anilines is 1. The van der Waals surface area contributed by atoms with Crippen LogP contribution < -0.4 is 9.73 Å². The number of sulfonamides is 1. The van der Waals surface area contributed by atoms with Crippen molar-refractivity contribution in [2.24, 2.45) is 5.10 Å². The molecule has 0 aliphatic heterocycles. The third-order valence-corrected chi connectivity index (χ3v) is 6.30. The number of nitrogens with one attached hydrogen (secondary N) is 1. The van der Waals surface area contributed by atoms with Gasteiger partial charge in [0.25, 0.3) is 5.91 Å². The monoisotopic (exact) mass is 503 g/mol. The summed E-state index contributed by atoms with van der Waals surface area (Å²) < 4.78 is 64.2. The molecule has 1 amide bonds. The van der Waals surface area contributed by atoms with E-state index in [0.29, 0.717) is 22.5 Å². The minimum absolute atomic E-state index is 0.245. The third kappa shape index (κ3) is 7.46. The van der Waals surface area contributed by atoms with E-state index >= 15 is 0 Å². The summed E-state index contributed by atoms with van der Waals surface area (Å²) in [5.41, 5.74) is 2.12. The van der Waals surface area contributed by atoms with Crippen molar-refractivity contribution in [3.05, 3.63) is 64.7 Å². The van der Waals surface area contributed by atoms with Gasteiger partial charge in [0.05, 0.1) is 22.5 Å². The summed E-state index contributed by atoms with van der Waals surface area (Å²) in [6.45, 7) is 4.95. The highest BCUT2D eigenvalue weighted by atomic mass is 35.5. The van der Waals surface area contributed by atoms with Gasteiger partial charge in [0, 0.05) is 5.71 Å². The highest BCUT2D eigenvalue weighted by molar-refractivity contribution is 7.92. The van der Waals surface area contributed by atoms with E-state index in [1.807, 2.05) is 44.2 Å². The molecule has 0 aliphatic rings. The molecule has 0 saturated heterocycles. The van der Waals surface area contributed by atoms with Crippen molar-refractivity contribution in [3.63, 3.8) is 0 Å². The number of carbonyl (C=O) groups excluding carboxylic acids is 1. The van der Waals surface area contributed by atoms with E-state index in [9.17, 15) is 26.4 Å². The van der Waals surface area contributed by atoms with Crippen LogP contribution in [-0.2, 0) is 26.4 Å². The van der Waals surface area contributed by atoms with Crippen LogP contribution in [0.25, 0.3) is 0 Å². The van der Waals surface area contributed by atoms with Crippen molar-refractivity contribution < 1.29 is 26.4 Å². The van der Waals surface area contributed by atoms with E-state index in [1.54, 1.807) is 6.92 Å². The van der Waals surface area contributed by atoms with E-state index in [-0.39, 0.29) is 10.4 Å². The lowest BCUT2D eigenvalue weighted by molar-refractivity contribution is -0.137. The zero-order chi connectivity index (χ0) is 25.0. The fourth-order valence-corrected chi connectivity index (χ4v) is 4.39.